The third kappa shape index (κ3) is 6.62. The second-order valence-electron chi connectivity index (χ2n) is 8.73. The van der Waals surface area contributed by atoms with Gasteiger partial charge in [0.25, 0.3) is 0 Å². The van der Waals surface area contributed by atoms with Crippen molar-refractivity contribution in [2.45, 2.75) is 70.4 Å². The Balaban J connectivity index is 1.35. The van der Waals surface area contributed by atoms with Gasteiger partial charge in [0.05, 0.1) is 0 Å². The van der Waals surface area contributed by atoms with E-state index in [0.717, 1.165) is 44.1 Å². The number of aryl methyl sites for hydroxylation is 1. The van der Waals surface area contributed by atoms with Crippen LogP contribution in [0.1, 0.15) is 69.1 Å². The number of nitrogens with one attached hydrogen (secondary N) is 2. The van der Waals surface area contributed by atoms with Crippen LogP contribution in [0, 0.1) is 0 Å². The zero-order valence-corrected chi connectivity index (χ0v) is 19.8. The van der Waals surface area contributed by atoms with Crippen molar-refractivity contribution in [2.24, 2.45) is 0 Å². The molecule has 3 aromatic rings. The second-order valence-corrected chi connectivity index (χ2v) is 8.73. The van der Waals surface area contributed by atoms with Crippen LogP contribution in [0.5, 0.6) is 5.75 Å². The molecule has 0 aromatic carbocycles. The number of rotatable bonds is 9. The van der Waals surface area contributed by atoms with Crippen LogP contribution in [0.4, 0.5) is 5.82 Å². The summed E-state index contributed by atoms with van der Waals surface area (Å²) >= 11 is 0. The molecule has 0 atom stereocenters. The molecule has 0 spiro atoms. The fourth-order valence-electron chi connectivity index (χ4n) is 4.28. The van der Waals surface area contributed by atoms with Crippen LogP contribution >= 0.6 is 0 Å². The third-order valence-electron chi connectivity index (χ3n) is 6.01. The van der Waals surface area contributed by atoms with E-state index in [1.54, 1.807) is 30.7 Å². The first-order chi connectivity index (χ1) is 17.0. The lowest BCUT2D eigenvalue weighted by Crippen LogP contribution is -2.45. The van der Waals surface area contributed by atoms with E-state index in [2.05, 4.69) is 30.7 Å². The van der Waals surface area contributed by atoms with Gasteiger partial charge in [-0.3, -0.25) is 14.6 Å². The van der Waals surface area contributed by atoms with Crippen LogP contribution in [0.25, 0.3) is 0 Å². The van der Waals surface area contributed by atoms with Crippen LogP contribution in [0.2, 0.25) is 0 Å². The number of aromatic nitrogens is 4. The first-order valence-electron chi connectivity index (χ1n) is 11.9. The van der Waals surface area contributed by atoms with Crippen molar-refractivity contribution < 1.29 is 18.8 Å². The van der Waals surface area contributed by atoms with Crippen LogP contribution < -0.4 is 15.4 Å². The molecule has 1 saturated carbocycles. The minimum Gasteiger partial charge on any atom is -0.485 e. The maximum Gasteiger partial charge on any atom is 0.227 e. The Hall–Kier alpha value is -3.82. The van der Waals surface area contributed by atoms with E-state index in [4.69, 9.17) is 9.26 Å². The van der Waals surface area contributed by atoms with Gasteiger partial charge in [-0.25, -0.2) is 4.98 Å². The molecule has 2 amide bonds. The van der Waals surface area contributed by atoms with E-state index in [1.165, 1.54) is 6.92 Å². The Morgan fingerprint density at radius 2 is 1.86 bits per heavy atom. The SMILES string of the molecule is CC(=O)NC1(c2noc(CCC(=O)Nc3ncccc3OCc3ccncc3)n2)CCCCCC1. The summed E-state index contributed by atoms with van der Waals surface area (Å²) in [6.45, 7) is 1.84. The zero-order chi connectivity index (χ0) is 24.5. The number of hydrogen-bond donors (Lipinski definition) is 2. The molecule has 10 heteroatoms. The molecule has 3 aromatic heterocycles. The van der Waals surface area contributed by atoms with Gasteiger partial charge in [-0.2, -0.15) is 4.98 Å². The fraction of sp³-hybridized carbons (Fsp3) is 0.440. The Morgan fingerprint density at radius 1 is 1.09 bits per heavy atom. The monoisotopic (exact) mass is 478 g/mol. The normalized spacial score (nSPS) is 15.1. The first kappa shape index (κ1) is 24.3. The highest BCUT2D eigenvalue weighted by molar-refractivity contribution is 5.91. The zero-order valence-electron chi connectivity index (χ0n) is 19.8. The highest BCUT2D eigenvalue weighted by Gasteiger charge is 2.38. The van der Waals surface area contributed by atoms with Crippen molar-refractivity contribution in [3.05, 3.63) is 60.1 Å². The predicted molar refractivity (Wildman–Crippen MR) is 127 cm³/mol. The number of amides is 2. The van der Waals surface area contributed by atoms with Crippen LogP contribution in [-0.4, -0.2) is 31.9 Å². The van der Waals surface area contributed by atoms with Crippen molar-refractivity contribution in [2.75, 3.05) is 5.32 Å². The maximum atomic E-state index is 12.6. The van der Waals surface area contributed by atoms with Crippen molar-refractivity contribution in [3.8, 4) is 5.75 Å². The number of pyridine rings is 2. The molecule has 0 aliphatic heterocycles. The summed E-state index contributed by atoms with van der Waals surface area (Å²) < 4.78 is 11.3. The van der Waals surface area contributed by atoms with Gasteiger partial charge >= 0.3 is 0 Å². The van der Waals surface area contributed by atoms with Gasteiger partial charge in [0, 0.05) is 38.4 Å². The molecule has 0 bridgehead atoms. The molecule has 1 fully saturated rings. The largest absolute Gasteiger partial charge is 0.485 e. The predicted octanol–water partition coefficient (Wildman–Crippen LogP) is 3.70. The molecule has 0 unspecified atom stereocenters. The Morgan fingerprint density at radius 3 is 2.60 bits per heavy atom. The van der Waals surface area contributed by atoms with Gasteiger partial charge in [-0.1, -0.05) is 30.8 Å². The van der Waals surface area contributed by atoms with Crippen LogP contribution in [-0.2, 0) is 28.2 Å². The van der Waals surface area contributed by atoms with E-state index in [1.807, 2.05) is 12.1 Å². The molecule has 0 radical (unpaired) electrons. The number of anilines is 1. The van der Waals surface area contributed by atoms with Crippen molar-refractivity contribution in [1.29, 1.82) is 0 Å². The summed E-state index contributed by atoms with van der Waals surface area (Å²) in [5, 5.41) is 10.0. The summed E-state index contributed by atoms with van der Waals surface area (Å²) in [4.78, 5) is 37.3. The highest BCUT2D eigenvalue weighted by atomic mass is 16.5. The van der Waals surface area contributed by atoms with E-state index >= 15 is 0 Å². The second kappa shape index (κ2) is 11.5. The average molecular weight is 479 g/mol. The molecular weight excluding hydrogens is 448 g/mol. The molecule has 1 aliphatic carbocycles. The number of hydrogen-bond acceptors (Lipinski definition) is 8. The van der Waals surface area contributed by atoms with Crippen LogP contribution in [0.3, 0.4) is 0 Å². The molecule has 2 N–H and O–H groups in total. The number of ether oxygens (including phenoxy) is 1. The minimum atomic E-state index is -0.610. The standard InChI is InChI=1S/C25H30N6O4/c1-18(32)30-25(12-4-2-3-5-13-25)24-29-22(35-31-24)9-8-21(33)28-23-20(7-6-14-27-23)34-17-19-10-15-26-16-11-19/h6-7,10-11,14-16H,2-5,8-9,12-13,17H2,1H3,(H,30,32)(H,27,28,33). The van der Waals surface area contributed by atoms with E-state index in [0.29, 0.717) is 29.9 Å². The quantitative estimate of drug-likeness (QED) is 0.445. The van der Waals surface area contributed by atoms with E-state index < -0.39 is 5.54 Å². The minimum absolute atomic E-state index is 0.116. The molecule has 0 saturated heterocycles. The number of nitrogens with zero attached hydrogens (tertiary/aromatic N) is 4. The average Bonchev–Trinajstić information content (AvgIpc) is 3.22. The number of carbonyl (C=O) groups is 2. The first-order valence-corrected chi connectivity index (χ1v) is 11.9. The van der Waals surface area contributed by atoms with E-state index in [9.17, 15) is 9.59 Å². The topological polar surface area (TPSA) is 132 Å². The molecule has 10 nitrogen and oxygen atoms in total. The summed E-state index contributed by atoms with van der Waals surface area (Å²) in [5.74, 6) is 1.31. The van der Waals surface area contributed by atoms with E-state index in [-0.39, 0.29) is 24.7 Å². The molecule has 3 heterocycles. The Kier molecular flexibility index (Phi) is 8.02. The van der Waals surface area contributed by atoms with Crippen molar-refractivity contribution in [3.63, 3.8) is 0 Å². The lowest BCUT2D eigenvalue weighted by molar-refractivity contribution is -0.121. The smallest absolute Gasteiger partial charge is 0.227 e. The molecule has 35 heavy (non-hydrogen) atoms. The summed E-state index contributed by atoms with van der Waals surface area (Å²) in [6, 6.07) is 7.22. The molecular formula is C25H30N6O4. The third-order valence-corrected chi connectivity index (χ3v) is 6.01. The van der Waals surface area contributed by atoms with Gasteiger partial charge in [0.15, 0.2) is 17.4 Å². The molecule has 1 aliphatic rings. The Bertz CT molecular complexity index is 1130. The van der Waals surface area contributed by atoms with Gasteiger partial charge in [-0.15, -0.1) is 0 Å². The number of carbonyl (C=O) groups excluding carboxylic acids is 2. The fourth-order valence-corrected chi connectivity index (χ4v) is 4.28. The van der Waals surface area contributed by atoms with Crippen molar-refractivity contribution in [1.82, 2.24) is 25.4 Å². The van der Waals surface area contributed by atoms with Gasteiger partial charge in [-0.05, 0) is 42.7 Å². The maximum absolute atomic E-state index is 12.6. The lowest BCUT2D eigenvalue weighted by Gasteiger charge is -2.30. The lowest BCUT2D eigenvalue weighted by atomic mass is 9.89. The summed E-state index contributed by atoms with van der Waals surface area (Å²) in [5.41, 5.74) is 0.348. The Labute approximate surface area is 203 Å². The molecule has 4 rings (SSSR count). The van der Waals surface area contributed by atoms with Gasteiger partial charge < -0.3 is 19.9 Å². The van der Waals surface area contributed by atoms with Gasteiger partial charge in [0.2, 0.25) is 17.7 Å². The molecule has 184 valence electrons. The highest BCUT2D eigenvalue weighted by Crippen LogP contribution is 2.34. The summed E-state index contributed by atoms with van der Waals surface area (Å²) in [6.07, 6.45) is 11.1. The summed E-state index contributed by atoms with van der Waals surface area (Å²) in [7, 11) is 0. The van der Waals surface area contributed by atoms with Crippen molar-refractivity contribution >= 4 is 17.6 Å². The van der Waals surface area contributed by atoms with Gasteiger partial charge in [0.1, 0.15) is 12.1 Å². The van der Waals surface area contributed by atoms with Crippen LogP contribution in [0.15, 0.2) is 47.4 Å².